The van der Waals surface area contributed by atoms with E-state index in [4.69, 9.17) is 0 Å². The highest BCUT2D eigenvalue weighted by Gasteiger charge is 2.20. The first-order valence-electron chi connectivity index (χ1n) is 4.08. The average molecular weight is 198 g/mol. The fourth-order valence-corrected chi connectivity index (χ4v) is 2.12. The highest BCUT2D eigenvalue weighted by atomic mass is 32.2. The maximum absolute atomic E-state index is 11.3. The van der Waals surface area contributed by atoms with E-state index in [9.17, 15) is 9.32 Å². The molecule has 3 heteroatoms. The molecule has 0 aliphatic heterocycles. The van der Waals surface area contributed by atoms with Crippen molar-refractivity contribution in [1.29, 1.82) is 0 Å². The van der Waals surface area contributed by atoms with Crippen molar-refractivity contribution in [2.24, 2.45) is 0 Å². The van der Waals surface area contributed by atoms with Crippen molar-refractivity contribution in [3.63, 3.8) is 0 Å². The van der Waals surface area contributed by atoms with Crippen LogP contribution in [0.5, 0.6) is 0 Å². The van der Waals surface area contributed by atoms with Gasteiger partial charge in [-0.15, -0.1) is 0 Å². The number of hydrogen-bond acceptors (Lipinski definition) is 2. The Labute approximate surface area is 81.1 Å². The number of benzene rings is 1. The lowest BCUT2D eigenvalue weighted by Crippen LogP contribution is -2.18. The molecular formula is C10H14O2S. The molecule has 1 aromatic rings. The zero-order valence-corrected chi connectivity index (χ0v) is 8.89. The van der Waals surface area contributed by atoms with Crippen LogP contribution in [0.15, 0.2) is 29.2 Å². The van der Waals surface area contributed by atoms with Crippen LogP contribution in [0.25, 0.3) is 0 Å². The molecule has 1 atom stereocenters. The van der Waals surface area contributed by atoms with Crippen LogP contribution in [0.4, 0.5) is 0 Å². The summed E-state index contributed by atoms with van der Waals surface area (Å²) in [6, 6.07) is 7.25. The zero-order chi connectivity index (χ0) is 10.1. The van der Waals surface area contributed by atoms with Gasteiger partial charge < -0.3 is 5.11 Å². The minimum absolute atomic E-state index is 0.704. The molecule has 1 N–H and O–H groups in total. The Kier molecular flexibility index (Phi) is 2.88. The molecule has 72 valence electrons. The molecule has 0 fully saturated rings. The Morgan fingerprint density at radius 1 is 1.31 bits per heavy atom. The number of hydrogen-bond donors (Lipinski definition) is 1. The fourth-order valence-electron chi connectivity index (χ4n) is 1.22. The normalized spacial score (nSPS) is 14.2. The van der Waals surface area contributed by atoms with Crippen molar-refractivity contribution in [2.45, 2.75) is 24.3 Å². The molecule has 0 saturated carbocycles. The van der Waals surface area contributed by atoms with E-state index in [1.807, 2.05) is 12.1 Å². The third-order valence-electron chi connectivity index (χ3n) is 1.86. The van der Waals surface area contributed by atoms with Gasteiger partial charge in [0.25, 0.3) is 0 Å². The van der Waals surface area contributed by atoms with Crippen LogP contribution >= 0.6 is 0 Å². The molecule has 0 amide bonds. The Balaban J connectivity index is 3.28. The third-order valence-corrected chi connectivity index (χ3v) is 2.83. The second kappa shape index (κ2) is 3.60. The average Bonchev–Trinajstić information content (AvgIpc) is 2.03. The maximum atomic E-state index is 11.3. The van der Waals surface area contributed by atoms with Crippen LogP contribution in [0.2, 0.25) is 0 Å². The van der Waals surface area contributed by atoms with Crippen molar-refractivity contribution in [3.8, 4) is 0 Å². The topological polar surface area (TPSA) is 37.3 Å². The fraction of sp³-hybridized carbons (Fsp3) is 0.400. The molecule has 0 aliphatic rings. The van der Waals surface area contributed by atoms with Gasteiger partial charge in [-0.2, -0.15) is 0 Å². The zero-order valence-electron chi connectivity index (χ0n) is 8.07. The third kappa shape index (κ3) is 2.39. The van der Waals surface area contributed by atoms with Crippen molar-refractivity contribution < 1.29 is 9.32 Å². The highest BCUT2D eigenvalue weighted by molar-refractivity contribution is 7.84. The first-order valence-corrected chi connectivity index (χ1v) is 5.64. The first-order chi connectivity index (χ1) is 5.93. The highest BCUT2D eigenvalue weighted by Crippen LogP contribution is 2.25. The molecule has 1 rings (SSSR count). The van der Waals surface area contributed by atoms with Crippen molar-refractivity contribution in [3.05, 3.63) is 29.8 Å². The van der Waals surface area contributed by atoms with E-state index in [1.54, 1.807) is 32.2 Å². The summed E-state index contributed by atoms with van der Waals surface area (Å²) in [7, 11) is -1.05. The molecule has 1 aromatic carbocycles. The Bertz CT molecular complexity index is 326. The van der Waals surface area contributed by atoms with E-state index in [0.717, 1.165) is 5.56 Å². The summed E-state index contributed by atoms with van der Waals surface area (Å²) < 4.78 is 11.3. The number of aliphatic hydroxyl groups is 1. The lowest BCUT2D eigenvalue weighted by molar-refractivity contribution is 0.0756. The van der Waals surface area contributed by atoms with Crippen molar-refractivity contribution in [1.82, 2.24) is 0 Å². The Morgan fingerprint density at radius 2 is 1.85 bits per heavy atom. The Morgan fingerprint density at radius 3 is 2.23 bits per heavy atom. The second-order valence-electron chi connectivity index (χ2n) is 3.51. The summed E-state index contributed by atoms with van der Waals surface area (Å²) in [6.45, 7) is 3.39. The SMILES string of the molecule is CS(=O)c1ccccc1C(C)(C)O. The van der Waals surface area contributed by atoms with Gasteiger partial charge in [-0.25, -0.2) is 0 Å². The lowest BCUT2D eigenvalue weighted by Gasteiger charge is -2.20. The van der Waals surface area contributed by atoms with Gasteiger partial charge in [0.15, 0.2) is 0 Å². The molecule has 0 saturated heterocycles. The van der Waals surface area contributed by atoms with E-state index >= 15 is 0 Å². The van der Waals surface area contributed by atoms with Gasteiger partial charge in [0.2, 0.25) is 0 Å². The van der Waals surface area contributed by atoms with Crippen LogP contribution in [-0.2, 0) is 16.4 Å². The van der Waals surface area contributed by atoms with Gasteiger partial charge >= 0.3 is 0 Å². The first kappa shape index (κ1) is 10.4. The van der Waals surface area contributed by atoms with Crippen molar-refractivity contribution in [2.75, 3.05) is 6.26 Å². The van der Waals surface area contributed by atoms with E-state index in [1.165, 1.54) is 0 Å². The molecule has 0 heterocycles. The van der Waals surface area contributed by atoms with Crippen LogP contribution in [0.3, 0.4) is 0 Å². The van der Waals surface area contributed by atoms with Crippen LogP contribution in [-0.4, -0.2) is 15.6 Å². The van der Waals surface area contributed by atoms with Gasteiger partial charge in [0.05, 0.1) is 16.4 Å². The molecule has 1 unspecified atom stereocenters. The standard InChI is InChI=1S/C10H14O2S/c1-10(2,11)8-6-4-5-7-9(8)13(3)12/h4-7,11H,1-3H3. The summed E-state index contributed by atoms with van der Waals surface area (Å²) in [5, 5.41) is 9.78. The summed E-state index contributed by atoms with van der Waals surface area (Å²) in [5.74, 6) is 0. The summed E-state index contributed by atoms with van der Waals surface area (Å²) in [6.07, 6.45) is 1.62. The quantitative estimate of drug-likeness (QED) is 0.784. The number of rotatable bonds is 2. The van der Waals surface area contributed by atoms with Gasteiger partial charge in [-0.05, 0) is 25.5 Å². The molecular weight excluding hydrogens is 184 g/mol. The Hall–Kier alpha value is -0.670. The van der Waals surface area contributed by atoms with E-state index in [2.05, 4.69) is 0 Å². The van der Waals surface area contributed by atoms with Gasteiger partial charge in [0.1, 0.15) is 0 Å². The smallest absolute Gasteiger partial charge is 0.0852 e. The van der Waals surface area contributed by atoms with E-state index in [-0.39, 0.29) is 0 Å². The summed E-state index contributed by atoms with van der Waals surface area (Å²) >= 11 is 0. The van der Waals surface area contributed by atoms with E-state index in [0.29, 0.717) is 4.90 Å². The largest absolute Gasteiger partial charge is 0.386 e. The summed E-state index contributed by atoms with van der Waals surface area (Å²) in [5.41, 5.74) is -0.196. The predicted molar refractivity (Wildman–Crippen MR) is 54.0 cm³/mol. The molecule has 2 nitrogen and oxygen atoms in total. The van der Waals surface area contributed by atoms with Crippen molar-refractivity contribution >= 4 is 10.8 Å². The molecule has 0 aromatic heterocycles. The van der Waals surface area contributed by atoms with E-state index < -0.39 is 16.4 Å². The van der Waals surface area contributed by atoms with Crippen LogP contribution in [0.1, 0.15) is 19.4 Å². The predicted octanol–water partition coefficient (Wildman–Crippen LogP) is 1.65. The molecule has 13 heavy (non-hydrogen) atoms. The van der Waals surface area contributed by atoms with Gasteiger partial charge in [-0.3, -0.25) is 4.21 Å². The van der Waals surface area contributed by atoms with Gasteiger partial charge in [-0.1, -0.05) is 18.2 Å². The lowest BCUT2D eigenvalue weighted by atomic mass is 9.99. The summed E-state index contributed by atoms with van der Waals surface area (Å²) in [4.78, 5) is 0.704. The maximum Gasteiger partial charge on any atom is 0.0852 e. The van der Waals surface area contributed by atoms with Crippen LogP contribution in [0, 0.1) is 0 Å². The minimum atomic E-state index is -1.05. The minimum Gasteiger partial charge on any atom is -0.386 e. The van der Waals surface area contributed by atoms with Crippen LogP contribution < -0.4 is 0 Å². The molecule has 0 bridgehead atoms. The van der Waals surface area contributed by atoms with Gasteiger partial charge in [0, 0.05) is 11.2 Å². The molecule has 0 aliphatic carbocycles. The molecule has 0 spiro atoms. The second-order valence-corrected chi connectivity index (χ2v) is 4.86. The monoisotopic (exact) mass is 198 g/mol. The molecule has 0 radical (unpaired) electrons.